The van der Waals surface area contributed by atoms with E-state index in [1.165, 1.54) is 6.92 Å². The first-order valence-corrected chi connectivity index (χ1v) is 3.77. The molecule has 1 aromatic carbocycles. The minimum atomic E-state index is -1.86. The molecule has 0 aliphatic carbocycles. The number of benzene rings is 1. The van der Waals surface area contributed by atoms with Crippen LogP contribution in [0.25, 0.3) is 0 Å². The van der Waals surface area contributed by atoms with Crippen LogP contribution in [0.3, 0.4) is 0 Å². The molecular formula is C9H13NO2. The Kier molecular flexibility index (Phi) is 2.35. The molecule has 12 heavy (non-hydrogen) atoms. The fourth-order valence-electron chi connectivity index (χ4n) is 0.968. The number of aliphatic hydroxyl groups is 2. The minimum Gasteiger partial charge on any atom is -0.349 e. The van der Waals surface area contributed by atoms with E-state index in [-0.39, 0.29) is 0 Å². The molecule has 0 saturated carbocycles. The summed E-state index contributed by atoms with van der Waals surface area (Å²) in [4.78, 5) is 0. The fraction of sp³-hybridized carbons (Fsp3) is 0.333. The average Bonchev–Trinajstić information content (AvgIpc) is 1.91. The van der Waals surface area contributed by atoms with Crippen molar-refractivity contribution in [3.63, 3.8) is 0 Å². The molecule has 3 heteroatoms. The van der Waals surface area contributed by atoms with E-state index >= 15 is 0 Å². The second kappa shape index (κ2) is 3.13. The lowest BCUT2D eigenvalue weighted by Crippen LogP contribution is -2.33. The Morgan fingerprint density at radius 3 is 2.33 bits per heavy atom. The standard InChI is InChI=1S/C9H13NO2/c1-7-5-3-4-6-8(7)10-9(2,11)12/h3-6,10-12H,1-2H3. The van der Waals surface area contributed by atoms with E-state index in [0.29, 0.717) is 0 Å². The molecule has 0 saturated heterocycles. The molecular weight excluding hydrogens is 154 g/mol. The van der Waals surface area contributed by atoms with Crippen molar-refractivity contribution < 1.29 is 10.2 Å². The predicted molar refractivity (Wildman–Crippen MR) is 47.6 cm³/mol. The highest BCUT2D eigenvalue weighted by Gasteiger charge is 2.14. The molecule has 0 bridgehead atoms. The molecule has 0 aromatic heterocycles. The summed E-state index contributed by atoms with van der Waals surface area (Å²) in [6.07, 6.45) is 0. The Labute approximate surface area is 71.7 Å². The number of para-hydroxylation sites is 1. The molecule has 0 atom stereocenters. The van der Waals surface area contributed by atoms with Crippen LogP contribution in [0.1, 0.15) is 12.5 Å². The number of hydrogen-bond donors (Lipinski definition) is 3. The van der Waals surface area contributed by atoms with Crippen molar-refractivity contribution in [3.05, 3.63) is 29.8 Å². The van der Waals surface area contributed by atoms with Gasteiger partial charge in [-0.25, -0.2) is 0 Å². The van der Waals surface area contributed by atoms with Crippen LogP contribution in [0.5, 0.6) is 0 Å². The quantitative estimate of drug-likeness (QED) is 0.577. The molecule has 0 aliphatic rings. The summed E-state index contributed by atoms with van der Waals surface area (Å²) in [5, 5.41) is 20.6. The maximum atomic E-state index is 9.04. The van der Waals surface area contributed by atoms with Gasteiger partial charge in [-0.05, 0) is 18.6 Å². The number of rotatable bonds is 2. The molecule has 1 aromatic rings. The molecule has 3 nitrogen and oxygen atoms in total. The topological polar surface area (TPSA) is 52.5 Å². The van der Waals surface area contributed by atoms with Crippen LogP contribution >= 0.6 is 0 Å². The van der Waals surface area contributed by atoms with Gasteiger partial charge in [-0.1, -0.05) is 18.2 Å². The zero-order chi connectivity index (χ0) is 9.19. The Morgan fingerprint density at radius 2 is 1.83 bits per heavy atom. The lowest BCUT2D eigenvalue weighted by Gasteiger charge is -2.20. The van der Waals surface area contributed by atoms with Gasteiger partial charge in [0.2, 0.25) is 5.91 Å². The molecule has 0 heterocycles. The van der Waals surface area contributed by atoms with Gasteiger partial charge in [0.1, 0.15) is 0 Å². The van der Waals surface area contributed by atoms with Gasteiger partial charge in [0.15, 0.2) is 0 Å². The zero-order valence-electron chi connectivity index (χ0n) is 7.20. The van der Waals surface area contributed by atoms with Gasteiger partial charge >= 0.3 is 0 Å². The lowest BCUT2D eigenvalue weighted by atomic mass is 10.2. The summed E-state index contributed by atoms with van der Waals surface area (Å²) in [5.41, 5.74) is 1.71. The largest absolute Gasteiger partial charge is 0.349 e. The van der Waals surface area contributed by atoms with Gasteiger partial charge in [-0.2, -0.15) is 0 Å². The predicted octanol–water partition coefficient (Wildman–Crippen LogP) is 1.07. The molecule has 0 unspecified atom stereocenters. The first-order chi connectivity index (χ1) is 5.49. The zero-order valence-corrected chi connectivity index (χ0v) is 7.20. The molecule has 0 spiro atoms. The summed E-state index contributed by atoms with van der Waals surface area (Å²) < 4.78 is 0. The number of hydrogen-bond acceptors (Lipinski definition) is 3. The van der Waals surface area contributed by atoms with Crippen LogP contribution in [0.4, 0.5) is 5.69 Å². The number of aryl methyl sites for hydroxylation is 1. The van der Waals surface area contributed by atoms with Crippen LogP contribution in [0.2, 0.25) is 0 Å². The average molecular weight is 167 g/mol. The summed E-state index contributed by atoms with van der Waals surface area (Å²) >= 11 is 0. The maximum absolute atomic E-state index is 9.04. The normalized spacial score (nSPS) is 11.3. The van der Waals surface area contributed by atoms with E-state index < -0.39 is 5.91 Å². The van der Waals surface area contributed by atoms with Gasteiger partial charge in [-0.3, -0.25) is 0 Å². The van der Waals surface area contributed by atoms with E-state index in [1.807, 2.05) is 25.1 Å². The van der Waals surface area contributed by atoms with Crippen molar-refractivity contribution in [3.8, 4) is 0 Å². The highest BCUT2D eigenvalue weighted by Crippen LogP contribution is 2.15. The van der Waals surface area contributed by atoms with Gasteiger partial charge in [0.25, 0.3) is 0 Å². The Balaban J connectivity index is 2.83. The Bertz CT molecular complexity index is 265. The molecule has 0 aliphatic heterocycles. The van der Waals surface area contributed by atoms with Gasteiger partial charge in [0.05, 0.1) is 0 Å². The second-order valence-electron chi connectivity index (χ2n) is 2.96. The van der Waals surface area contributed by atoms with Gasteiger partial charge in [0, 0.05) is 12.6 Å². The molecule has 0 fully saturated rings. The Hall–Kier alpha value is -1.06. The third-order valence-corrected chi connectivity index (χ3v) is 1.52. The summed E-state index contributed by atoms with van der Waals surface area (Å²) in [6, 6.07) is 7.42. The lowest BCUT2D eigenvalue weighted by molar-refractivity contribution is -0.118. The monoisotopic (exact) mass is 167 g/mol. The van der Waals surface area contributed by atoms with Crippen molar-refractivity contribution in [1.29, 1.82) is 0 Å². The van der Waals surface area contributed by atoms with Crippen molar-refractivity contribution in [2.75, 3.05) is 5.32 Å². The van der Waals surface area contributed by atoms with E-state index in [9.17, 15) is 0 Å². The molecule has 3 N–H and O–H groups in total. The smallest absolute Gasteiger partial charge is 0.241 e. The van der Waals surface area contributed by atoms with Crippen molar-refractivity contribution in [2.24, 2.45) is 0 Å². The Morgan fingerprint density at radius 1 is 1.25 bits per heavy atom. The molecule has 0 amide bonds. The van der Waals surface area contributed by atoms with Crippen molar-refractivity contribution >= 4 is 5.69 Å². The summed E-state index contributed by atoms with van der Waals surface area (Å²) in [5.74, 6) is -1.86. The first-order valence-electron chi connectivity index (χ1n) is 3.77. The highest BCUT2D eigenvalue weighted by molar-refractivity contribution is 5.50. The van der Waals surface area contributed by atoms with Crippen LogP contribution in [0.15, 0.2) is 24.3 Å². The third kappa shape index (κ3) is 2.53. The molecule has 66 valence electrons. The van der Waals surface area contributed by atoms with Crippen molar-refractivity contribution in [1.82, 2.24) is 0 Å². The van der Waals surface area contributed by atoms with E-state index in [2.05, 4.69) is 5.32 Å². The van der Waals surface area contributed by atoms with E-state index in [1.54, 1.807) is 6.07 Å². The SMILES string of the molecule is Cc1ccccc1NC(C)(O)O. The fourth-order valence-corrected chi connectivity index (χ4v) is 0.968. The van der Waals surface area contributed by atoms with Crippen LogP contribution in [-0.2, 0) is 0 Å². The van der Waals surface area contributed by atoms with Crippen LogP contribution < -0.4 is 5.32 Å². The van der Waals surface area contributed by atoms with Crippen LogP contribution in [0, 0.1) is 6.92 Å². The third-order valence-electron chi connectivity index (χ3n) is 1.52. The minimum absolute atomic E-state index is 0.727. The van der Waals surface area contributed by atoms with Crippen LogP contribution in [-0.4, -0.2) is 16.1 Å². The second-order valence-corrected chi connectivity index (χ2v) is 2.96. The highest BCUT2D eigenvalue weighted by atomic mass is 16.5. The summed E-state index contributed by atoms with van der Waals surface area (Å²) in [6.45, 7) is 3.17. The van der Waals surface area contributed by atoms with E-state index in [4.69, 9.17) is 10.2 Å². The molecule has 1 rings (SSSR count). The summed E-state index contributed by atoms with van der Waals surface area (Å²) in [7, 11) is 0. The van der Waals surface area contributed by atoms with Crippen molar-refractivity contribution in [2.45, 2.75) is 19.8 Å². The number of anilines is 1. The first kappa shape index (κ1) is 9.03. The molecule has 0 radical (unpaired) electrons. The van der Waals surface area contributed by atoms with Gasteiger partial charge < -0.3 is 15.5 Å². The van der Waals surface area contributed by atoms with Gasteiger partial charge in [-0.15, -0.1) is 0 Å². The number of nitrogens with one attached hydrogen (secondary N) is 1. The van der Waals surface area contributed by atoms with E-state index in [0.717, 1.165) is 11.3 Å². The maximum Gasteiger partial charge on any atom is 0.241 e.